The lowest BCUT2D eigenvalue weighted by Crippen LogP contribution is -2.46. The van der Waals surface area contributed by atoms with Gasteiger partial charge in [0.1, 0.15) is 0 Å². The van der Waals surface area contributed by atoms with Crippen molar-refractivity contribution in [3.8, 4) is 5.82 Å². The largest absolute Gasteiger partial charge is 0.417 e. The molecule has 10 nitrogen and oxygen atoms in total. The molecule has 2 aromatic heterocycles. The first-order chi connectivity index (χ1) is 18.3. The Kier molecular flexibility index (Phi) is 7.64. The molecule has 0 fully saturated rings. The average Bonchev–Trinajstić information content (AvgIpc) is 2.87. The summed E-state index contributed by atoms with van der Waals surface area (Å²) in [5.74, 6) is -0.802. The van der Waals surface area contributed by atoms with Crippen molar-refractivity contribution in [1.82, 2.24) is 30.0 Å². The molecule has 2 N–H and O–H groups in total. The highest BCUT2D eigenvalue weighted by atomic mass is 35.5. The lowest BCUT2D eigenvalue weighted by molar-refractivity contribution is -0.137. The molecule has 0 aliphatic carbocycles. The van der Waals surface area contributed by atoms with Crippen molar-refractivity contribution in [2.24, 2.45) is 0 Å². The normalized spacial score (nSPS) is 15.2. The quantitative estimate of drug-likeness (QED) is 0.487. The molecular formula is C25H25ClF3N7O3. The second kappa shape index (κ2) is 10.6. The topological polar surface area (TPSA) is 122 Å². The molecule has 3 aromatic rings. The number of carbonyl (C=O) groups excluding carboxylic acids is 2. The SMILES string of the molecule is CNC(=O)c1ccc(-n2c(NC(C)C)nc3c(c2=O)C[C@@H](C)N(C(=O)c2ccc(Cl)c(C(F)(F)F)c2)C3)nn1. The van der Waals surface area contributed by atoms with Gasteiger partial charge in [0.25, 0.3) is 17.4 Å². The third-order valence-corrected chi connectivity index (χ3v) is 6.48. The van der Waals surface area contributed by atoms with E-state index in [1.165, 1.54) is 34.7 Å². The summed E-state index contributed by atoms with van der Waals surface area (Å²) in [6.07, 6.45) is -4.61. The molecule has 2 amide bonds. The van der Waals surface area contributed by atoms with Crippen LogP contribution in [0.5, 0.6) is 0 Å². The molecule has 1 aromatic carbocycles. The van der Waals surface area contributed by atoms with Gasteiger partial charge in [-0.2, -0.15) is 13.2 Å². The zero-order valence-electron chi connectivity index (χ0n) is 21.4. The zero-order chi connectivity index (χ0) is 28.6. The number of anilines is 1. The Balaban J connectivity index is 1.75. The molecule has 1 atom stereocenters. The summed E-state index contributed by atoms with van der Waals surface area (Å²) in [6, 6.07) is 5.23. The van der Waals surface area contributed by atoms with Crippen LogP contribution in [-0.4, -0.2) is 55.6 Å². The number of alkyl halides is 3. The van der Waals surface area contributed by atoms with Gasteiger partial charge in [0.05, 0.1) is 22.8 Å². The van der Waals surface area contributed by atoms with Crippen molar-refractivity contribution in [2.75, 3.05) is 12.4 Å². The van der Waals surface area contributed by atoms with Crippen molar-refractivity contribution >= 4 is 29.4 Å². The second-order valence-electron chi connectivity index (χ2n) is 9.33. The fourth-order valence-electron chi connectivity index (χ4n) is 4.23. The molecule has 0 radical (unpaired) electrons. The highest BCUT2D eigenvalue weighted by Gasteiger charge is 2.36. The van der Waals surface area contributed by atoms with Gasteiger partial charge in [-0.15, -0.1) is 10.2 Å². The molecule has 1 aliphatic heterocycles. The molecule has 4 rings (SSSR count). The van der Waals surface area contributed by atoms with Gasteiger partial charge < -0.3 is 15.5 Å². The molecule has 39 heavy (non-hydrogen) atoms. The molecule has 1 aliphatic rings. The van der Waals surface area contributed by atoms with E-state index in [0.29, 0.717) is 11.3 Å². The van der Waals surface area contributed by atoms with E-state index >= 15 is 0 Å². The van der Waals surface area contributed by atoms with Gasteiger partial charge >= 0.3 is 6.18 Å². The minimum atomic E-state index is -4.72. The highest BCUT2D eigenvalue weighted by molar-refractivity contribution is 6.31. The third kappa shape index (κ3) is 5.58. The van der Waals surface area contributed by atoms with Crippen molar-refractivity contribution in [3.05, 3.63) is 73.8 Å². The van der Waals surface area contributed by atoms with Crippen LogP contribution in [0.15, 0.2) is 35.1 Å². The minimum Gasteiger partial charge on any atom is -0.354 e. The molecular weight excluding hydrogens is 539 g/mol. The summed E-state index contributed by atoms with van der Waals surface area (Å²) < 4.78 is 41.3. The van der Waals surface area contributed by atoms with Crippen LogP contribution in [0.4, 0.5) is 19.1 Å². The van der Waals surface area contributed by atoms with E-state index < -0.39 is 40.2 Å². The van der Waals surface area contributed by atoms with E-state index in [1.807, 2.05) is 13.8 Å². The number of hydrogen-bond acceptors (Lipinski definition) is 7. The monoisotopic (exact) mass is 563 g/mol. The summed E-state index contributed by atoms with van der Waals surface area (Å²) in [7, 11) is 1.46. The first kappa shape index (κ1) is 28.0. The number of nitrogens with one attached hydrogen (secondary N) is 2. The van der Waals surface area contributed by atoms with E-state index in [4.69, 9.17) is 11.6 Å². The number of benzene rings is 1. The molecule has 0 saturated heterocycles. The van der Waals surface area contributed by atoms with E-state index in [-0.39, 0.29) is 42.0 Å². The summed E-state index contributed by atoms with van der Waals surface area (Å²) in [5, 5.41) is 13.0. The van der Waals surface area contributed by atoms with Crippen LogP contribution in [0, 0.1) is 0 Å². The maximum atomic E-state index is 13.7. The highest BCUT2D eigenvalue weighted by Crippen LogP contribution is 2.35. The van der Waals surface area contributed by atoms with Crippen LogP contribution in [0.3, 0.4) is 0 Å². The fraction of sp³-hybridized carbons (Fsp3) is 0.360. The van der Waals surface area contributed by atoms with Crippen molar-refractivity contribution in [2.45, 2.75) is 52.0 Å². The number of aromatic nitrogens is 4. The Bertz CT molecular complexity index is 1490. The van der Waals surface area contributed by atoms with E-state index in [1.54, 1.807) is 6.92 Å². The van der Waals surface area contributed by atoms with Gasteiger partial charge in [0.15, 0.2) is 11.5 Å². The summed E-state index contributed by atoms with van der Waals surface area (Å²) in [5.41, 5.74) is -1.00. The molecule has 0 bridgehead atoms. The summed E-state index contributed by atoms with van der Waals surface area (Å²) >= 11 is 5.71. The van der Waals surface area contributed by atoms with Crippen LogP contribution in [0.25, 0.3) is 5.82 Å². The maximum absolute atomic E-state index is 13.7. The van der Waals surface area contributed by atoms with Gasteiger partial charge in [0, 0.05) is 30.3 Å². The van der Waals surface area contributed by atoms with E-state index in [2.05, 4.69) is 25.8 Å². The number of nitrogens with zero attached hydrogens (tertiary/aromatic N) is 5. The van der Waals surface area contributed by atoms with Gasteiger partial charge in [-0.25, -0.2) is 9.55 Å². The van der Waals surface area contributed by atoms with Gasteiger partial charge in [-0.1, -0.05) is 11.6 Å². The Labute approximate surface area is 226 Å². The van der Waals surface area contributed by atoms with Crippen molar-refractivity contribution < 1.29 is 22.8 Å². The third-order valence-electron chi connectivity index (χ3n) is 6.15. The number of rotatable bonds is 5. The summed E-state index contributed by atoms with van der Waals surface area (Å²) in [4.78, 5) is 44.8. The average molecular weight is 564 g/mol. The molecule has 14 heteroatoms. The lowest BCUT2D eigenvalue weighted by atomic mass is 9.98. The van der Waals surface area contributed by atoms with E-state index in [0.717, 1.165) is 12.1 Å². The van der Waals surface area contributed by atoms with Gasteiger partial charge in [0.2, 0.25) is 5.95 Å². The summed E-state index contributed by atoms with van der Waals surface area (Å²) in [6.45, 7) is 5.28. The predicted octanol–water partition coefficient (Wildman–Crippen LogP) is 3.46. The van der Waals surface area contributed by atoms with Gasteiger partial charge in [-0.3, -0.25) is 14.4 Å². The molecule has 206 valence electrons. The van der Waals surface area contributed by atoms with Gasteiger partial charge in [-0.05, 0) is 57.5 Å². The second-order valence-corrected chi connectivity index (χ2v) is 9.74. The minimum absolute atomic E-state index is 0.0669. The Morgan fingerprint density at radius 2 is 1.87 bits per heavy atom. The van der Waals surface area contributed by atoms with Crippen LogP contribution >= 0.6 is 11.6 Å². The maximum Gasteiger partial charge on any atom is 0.417 e. The Morgan fingerprint density at radius 3 is 2.46 bits per heavy atom. The number of fused-ring (bicyclic) bond motifs is 1. The number of hydrogen-bond donors (Lipinski definition) is 2. The van der Waals surface area contributed by atoms with Crippen LogP contribution < -0.4 is 16.2 Å². The van der Waals surface area contributed by atoms with Crippen LogP contribution in [0.1, 0.15) is 58.4 Å². The van der Waals surface area contributed by atoms with Crippen molar-refractivity contribution in [1.29, 1.82) is 0 Å². The Hall–Kier alpha value is -4.00. The molecule has 0 spiro atoms. The van der Waals surface area contributed by atoms with Crippen LogP contribution in [-0.2, 0) is 19.1 Å². The van der Waals surface area contributed by atoms with Crippen LogP contribution in [0.2, 0.25) is 5.02 Å². The first-order valence-electron chi connectivity index (χ1n) is 12.0. The predicted molar refractivity (Wildman–Crippen MR) is 137 cm³/mol. The fourth-order valence-corrected chi connectivity index (χ4v) is 4.46. The molecule has 3 heterocycles. The molecule has 0 saturated carbocycles. The smallest absolute Gasteiger partial charge is 0.354 e. The number of halogens is 4. The standard InChI is InChI=1S/C25H25ClF3N7O3/c1-12(2)31-24-32-19-11-35(22(38)14-5-6-17(26)16(10-14)25(27,28)29)13(3)9-15(19)23(39)36(24)20-8-7-18(33-34-20)21(37)30-4/h5-8,10,12-13H,9,11H2,1-4H3,(H,30,37)(H,31,32)/t13-/m1/s1. The van der Waals surface area contributed by atoms with E-state index in [9.17, 15) is 27.6 Å². The zero-order valence-corrected chi connectivity index (χ0v) is 22.2. The molecule has 0 unspecified atom stereocenters. The lowest BCUT2D eigenvalue weighted by Gasteiger charge is -2.34. The number of carbonyl (C=O) groups is 2. The number of amides is 2. The van der Waals surface area contributed by atoms with Crippen molar-refractivity contribution in [3.63, 3.8) is 0 Å². The first-order valence-corrected chi connectivity index (χ1v) is 12.3. The Morgan fingerprint density at radius 1 is 1.15 bits per heavy atom.